The van der Waals surface area contributed by atoms with Gasteiger partial charge in [-0.3, -0.25) is 4.79 Å². The predicted molar refractivity (Wildman–Crippen MR) is 79.7 cm³/mol. The minimum Gasteiger partial charge on any atom is -0.370 e. The molecule has 0 unspecified atom stereocenters. The van der Waals surface area contributed by atoms with Crippen LogP contribution in [0.2, 0.25) is 0 Å². The van der Waals surface area contributed by atoms with E-state index in [1.807, 2.05) is 18.0 Å². The Balaban J connectivity index is 2.35. The molecule has 0 bridgehead atoms. The summed E-state index contributed by atoms with van der Waals surface area (Å²) in [6.45, 7) is 1.94. The minimum atomic E-state index is -0.293. The van der Waals surface area contributed by atoms with Crippen molar-refractivity contribution >= 4 is 11.5 Å². The Morgan fingerprint density at radius 1 is 1.29 bits per heavy atom. The number of nitrogens with zero attached hydrogens (tertiary/aromatic N) is 2. The number of carbonyl (C=O) groups excluding carboxylic acids is 1. The fraction of sp³-hybridized carbons (Fsp3) is 0.176. The van der Waals surface area contributed by atoms with Gasteiger partial charge in [0.15, 0.2) is 5.78 Å². The summed E-state index contributed by atoms with van der Waals surface area (Å²) in [5.41, 5.74) is 2.51. The van der Waals surface area contributed by atoms with Crippen LogP contribution in [0.25, 0.3) is 0 Å². The van der Waals surface area contributed by atoms with E-state index in [1.165, 1.54) is 19.1 Å². The van der Waals surface area contributed by atoms with Crippen molar-refractivity contribution in [2.45, 2.75) is 13.5 Å². The summed E-state index contributed by atoms with van der Waals surface area (Å²) in [5.74, 6) is -0.362. The molecule has 0 aromatic heterocycles. The van der Waals surface area contributed by atoms with Crippen LogP contribution < -0.4 is 4.90 Å². The lowest BCUT2D eigenvalue weighted by molar-refractivity contribution is 0.101. The molecule has 106 valence electrons. The Morgan fingerprint density at radius 3 is 2.67 bits per heavy atom. The number of Topliss-reactive ketones (excluding diaryl/α,β-unsaturated/α-hetero) is 1. The number of anilines is 1. The summed E-state index contributed by atoms with van der Waals surface area (Å²) in [7, 11) is 1.81. The Morgan fingerprint density at radius 2 is 2.05 bits per heavy atom. The Kier molecular flexibility index (Phi) is 4.34. The molecule has 0 radical (unpaired) electrons. The van der Waals surface area contributed by atoms with Gasteiger partial charge in [-0.1, -0.05) is 12.1 Å². The van der Waals surface area contributed by atoms with Crippen LogP contribution in [0.1, 0.15) is 28.4 Å². The van der Waals surface area contributed by atoms with Crippen LogP contribution in [0.5, 0.6) is 0 Å². The molecule has 2 aromatic carbocycles. The van der Waals surface area contributed by atoms with Crippen molar-refractivity contribution in [2.75, 3.05) is 11.9 Å². The first kappa shape index (κ1) is 14.7. The van der Waals surface area contributed by atoms with Crippen LogP contribution in [0.3, 0.4) is 0 Å². The van der Waals surface area contributed by atoms with Crippen LogP contribution in [-0.2, 0) is 6.54 Å². The monoisotopic (exact) mass is 282 g/mol. The normalized spacial score (nSPS) is 10.0. The molecule has 0 aliphatic carbocycles. The van der Waals surface area contributed by atoms with Gasteiger partial charge in [-0.25, -0.2) is 4.39 Å². The lowest BCUT2D eigenvalue weighted by Gasteiger charge is -2.22. The van der Waals surface area contributed by atoms with E-state index in [1.54, 1.807) is 24.3 Å². The van der Waals surface area contributed by atoms with Gasteiger partial charge in [0, 0.05) is 24.8 Å². The van der Waals surface area contributed by atoms with E-state index in [0.717, 1.165) is 5.56 Å². The van der Waals surface area contributed by atoms with E-state index in [2.05, 4.69) is 6.07 Å². The highest BCUT2D eigenvalue weighted by molar-refractivity contribution is 6.00. The highest BCUT2D eigenvalue weighted by atomic mass is 19.1. The first-order valence-corrected chi connectivity index (χ1v) is 6.52. The molecule has 2 aromatic rings. The molecule has 0 saturated heterocycles. The molecule has 4 heteroatoms. The minimum absolute atomic E-state index is 0.0689. The van der Waals surface area contributed by atoms with Crippen LogP contribution in [0, 0.1) is 17.1 Å². The third-order valence-corrected chi connectivity index (χ3v) is 3.23. The Labute approximate surface area is 123 Å². The van der Waals surface area contributed by atoms with Gasteiger partial charge < -0.3 is 4.90 Å². The second-order valence-corrected chi connectivity index (χ2v) is 4.89. The zero-order valence-corrected chi connectivity index (χ0v) is 11.9. The molecular weight excluding hydrogens is 267 g/mol. The van der Waals surface area contributed by atoms with E-state index >= 15 is 0 Å². The largest absolute Gasteiger partial charge is 0.370 e. The molecule has 0 atom stereocenters. The molecule has 0 saturated carbocycles. The van der Waals surface area contributed by atoms with Crippen molar-refractivity contribution in [2.24, 2.45) is 0 Å². The molecule has 0 N–H and O–H groups in total. The predicted octanol–water partition coefficient (Wildman–Crippen LogP) is 3.54. The number of hydrogen-bond acceptors (Lipinski definition) is 3. The molecule has 0 amide bonds. The third-order valence-electron chi connectivity index (χ3n) is 3.23. The van der Waals surface area contributed by atoms with Crippen molar-refractivity contribution in [1.82, 2.24) is 0 Å². The molecule has 3 nitrogen and oxygen atoms in total. The van der Waals surface area contributed by atoms with E-state index < -0.39 is 0 Å². The number of rotatable bonds is 4. The Hall–Kier alpha value is -2.67. The zero-order chi connectivity index (χ0) is 15.4. The summed E-state index contributed by atoms with van der Waals surface area (Å²) in [4.78, 5) is 13.5. The number of halogens is 1. The van der Waals surface area contributed by atoms with E-state index in [0.29, 0.717) is 23.4 Å². The first-order chi connectivity index (χ1) is 10.0. The average molecular weight is 282 g/mol. The fourth-order valence-corrected chi connectivity index (χ4v) is 2.21. The van der Waals surface area contributed by atoms with Gasteiger partial charge >= 0.3 is 0 Å². The average Bonchev–Trinajstić information content (AvgIpc) is 2.46. The standard InChI is InChI=1S/C17H15FN2O/c1-12(21)16-7-6-13(10-19)9-17(16)20(2)11-14-4-3-5-15(18)8-14/h3-9H,11H2,1-2H3. The van der Waals surface area contributed by atoms with Crippen LogP contribution >= 0.6 is 0 Å². The maximum absolute atomic E-state index is 13.2. The topological polar surface area (TPSA) is 44.1 Å². The summed E-state index contributed by atoms with van der Waals surface area (Å²) in [6.07, 6.45) is 0. The number of hydrogen-bond donors (Lipinski definition) is 0. The maximum Gasteiger partial charge on any atom is 0.161 e. The molecule has 0 aliphatic heterocycles. The highest BCUT2D eigenvalue weighted by Gasteiger charge is 2.13. The quantitative estimate of drug-likeness (QED) is 0.806. The lowest BCUT2D eigenvalue weighted by Crippen LogP contribution is -2.19. The van der Waals surface area contributed by atoms with Crippen LogP contribution in [-0.4, -0.2) is 12.8 Å². The highest BCUT2D eigenvalue weighted by Crippen LogP contribution is 2.23. The Bertz CT molecular complexity index is 719. The lowest BCUT2D eigenvalue weighted by atomic mass is 10.0. The van der Waals surface area contributed by atoms with Crippen molar-refractivity contribution < 1.29 is 9.18 Å². The maximum atomic E-state index is 13.2. The smallest absolute Gasteiger partial charge is 0.161 e. The van der Waals surface area contributed by atoms with Crippen LogP contribution in [0.15, 0.2) is 42.5 Å². The number of ketones is 1. The van der Waals surface area contributed by atoms with Gasteiger partial charge in [-0.05, 0) is 42.8 Å². The molecule has 2 rings (SSSR count). The van der Waals surface area contributed by atoms with Gasteiger partial charge in [0.25, 0.3) is 0 Å². The van der Waals surface area contributed by atoms with Gasteiger partial charge in [-0.15, -0.1) is 0 Å². The van der Waals surface area contributed by atoms with Gasteiger partial charge in [-0.2, -0.15) is 5.26 Å². The van der Waals surface area contributed by atoms with Crippen LogP contribution in [0.4, 0.5) is 10.1 Å². The van der Waals surface area contributed by atoms with E-state index in [9.17, 15) is 9.18 Å². The molecule has 21 heavy (non-hydrogen) atoms. The second-order valence-electron chi connectivity index (χ2n) is 4.89. The summed E-state index contributed by atoms with van der Waals surface area (Å²) >= 11 is 0. The first-order valence-electron chi connectivity index (χ1n) is 6.52. The van der Waals surface area contributed by atoms with E-state index in [4.69, 9.17) is 5.26 Å². The van der Waals surface area contributed by atoms with Gasteiger partial charge in [0.1, 0.15) is 5.82 Å². The van der Waals surface area contributed by atoms with Gasteiger partial charge in [0.05, 0.1) is 11.6 Å². The molecular formula is C17H15FN2O. The van der Waals surface area contributed by atoms with Gasteiger partial charge in [0.2, 0.25) is 0 Å². The molecule has 0 spiro atoms. The third kappa shape index (κ3) is 3.46. The number of nitriles is 1. The SMILES string of the molecule is CC(=O)c1ccc(C#N)cc1N(C)Cc1cccc(F)c1. The van der Waals surface area contributed by atoms with Crippen molar-refractivity contribution in [3.8, 4) is 6.07 Å². The van der Waals surface area contributed by atoms with Crippen molar-refractivity contribution in [1.29, 1.82) is 5.26 Å². The van der Waals surface area contributed by atoms with E-state index in [-0.39, 0.29) is 11.6 Å². The molecule has 0 fully saturated rings. The zero-order valence-electron chi connectivity index (χ0n) is 11.9. The number of carbonyl (C=O) groups is 1. The summed E-state index contributed by atoms with van der Waals surface area (Å²) in [5, 5.41) is 9.00. The number of benzene rings is 2. The summed E-state index contributed by atoms with van der Waals surface area (Å²) < 4.78 is 13.2. The van der Waals surface area contributed by atoms with Crippen molar-refractivity contribution in [3.05, 3.63) is 65.0 Å². The molecule has 0 heterocycles. The van der Waals surface area contributed by atoms with Crippen molar-refractivity contribution in [3.63, 3.8) is 0 Å². The fourth-order valence-electron chi connectivity index (χ4n) is 2.21. The molecule has 0 aliphatic rings. The second kappa shape index (κ2) is 6.19. The summed E-state index contributed by atoms with van der Waals surface area (Å²) in [6, 6.07) is 13.3.